The van der Waals surface area contributed by atoms with Gasteiger partial charge in [-0.1, -0.05) is 11.6 Å². The summed E-state index contributed by atoms with van der Waals surface area (Å²) in [5.74, 6) is -0.353. The van der Waals surface area contributed by atoms with Gasteiger partial charge in [0.25, 0.3) is 0 Å². The van der Waals surface area contributed by atoms with Crippen LogP contribution in [-0.4, -0.2) is 17.1 Å². The number of hydrogen-bond donors (Lipinski definition) is 1. The second-order valence-corrected chi connectivity index (χ2v) is 3.10. The summed E-state index contributed by atoms with van der Waals surface area (Å²) in [4.78, 5) is 11.1. The Morgan fingerprint density at radius 1 is 1.71 bits per heavy atom. The first-order valence-corrected chi connectivity index (χ1v) is 4.57. The van der Waals surface area contributed by atoms with E-state index in [1.807, 2.05) is 0 Å². The zero-order valence-electron chi connectivity index (χ0n) is 7.79. The van der Waals surface area contributed by atoms with Gasteiger partial charge in [0.05, 0.1) is 6.61 Å². The molecule has 0 amide bonds. The summed E-state index contributed by atoms with van der Waals surface area (Å²) >= 11 is 5.67. The molecule has 1 rings (SSSR count). The van der Waals surface area contributed by atoms with Crippen LogP contribution >= 0.6 is 11.6 Å². The zero-order chi connectivity index (χ0) is 10.6. The average molecular weight is 215 g/mol. The number of nitrogens with zero attached hydrogens (tertiary/aromatic N) is 1. The first-order valence-electron chi connectivity index (χ1n) is 4.19. The number of pyridine rings is 1. The van der Waals surface area contributed by atoms with E-state index in [4.69, 9.17) is 21.7 Å². The molecule has 0 aromatic carbocycles. The lowest BCUT2D eigenvalue weighted by Crippen LogP contribution is -2.24. The molecule has 0 unspecified atom stereocenters. The third-order valence-corrected chi connectivity index (χ3v) is 1.84. The van der Waals surface area contributed by atoms with Crippen molar-refractivity contribution in [2.24, 2.45) is 0 Å². The van der Waals surface area contributed by atoms with Gasteiger partial charge >= 0.3 is 5.97 Å². The van der Waals surface area contributed by atoms with E-state index in [1.165, 1.54) is 10.6 Å². The fourth-order valence-electron chi connectivity index (χ4n) is 0.987. The molecule has 0 aliphatic rings. The van der Waals surface area contributed by atoms with Crippen LogP contribution in [0.4, 0.5) is 0 Å². The number of nitrogens with one attached hydrogen (secondary N) is 1. The molecular weight excluding hydrogens is 204 g/mol. The molecule has 4 nitrogen and oxygen atoms in total. The minimum atomic E-state index is -0.353. The first kappa shape index (κ1) is 10.8. The van der Waals surface area contributed by atoms with E-state index in [0.29, 0.717) is 11.6 Å². The van der Waals surface area contributed by atoms with Crippen LogP contribution in [0, 0.1) is 5.41 Å². The zero-order valence-corrected chi connectivity index (χ0v) is 8.54. The molecule has 1 aromatic rings. The van der Waals surface area contributed by atoms with Gasteiger partial charge in [0.2, 0.25) is 0 Å². The number of carbonyl (C=O) groups is 1. The molecular formula is C9H11ClN2O2. The molecule has 0 fully saturated rings. The highest BCUT2D eigenvalue weighted by atomic mass is 35.5. The van der Waals surface area contributed by atoms with Crippen molar-refractivity contribution >= 4 is 17.6 Å². The number of esters is 1. The molecule has 5 heteroatoms. The third kappa shape index (κ3) is 2.88. The van der Waals surface area contributed by atoms with Gasteiger partial charge in [0, 0.05) is 11.2 Å². The van der Waals surface area contributed by atoms with E-state index in [0.717, 1.165) is 0 Å². The summed E-state index contributed by atoms with van der Waals surface area (Å²) in [5.41, 5.74) is 0.186. The quantitative estimate of drug-likeness (QED) is 0.769. The Morgan fingerprint density at radius 2 is 2.43 bits per heavy atom. The molecule has 76 valence electrons. The van der Waals surface area contributed by atoms with Crippen LogP contribution < -0.4 is 5.49 Å². The number of ether oxygens (including phenoxy) is 1. The van der Waals surface area contributed by atoms with Gasteiger partial charge in [0.1, 0.15) is 12.0 Å². The lowest BCUT2D eigenvalue weighted by atomic mass is 10.4. The van der Waals surface area contributed by atoms with Crippen molar-refractivity contribution in [1.29, 1.82) is 5.41 Å². The fourth-order valence-corrected chi connectivity index (χ4v) is 1.15. The number of carbonyl (C=O) groups excluding carboxylic acids is 1. The second-order valence-electron chi connectivity index (χ2n) is 2.66. The number of aromatic nitrogens is 1. The van der Waals surface area contributed by atoms with Gasteiger partial charge in [-0.2, -0.15) is 0 Å². The highest BCUT2D eigenvalue weighted by Crippen LogP contribution is 2.01. The Morgan fingerprint density at radius 3 is 3.00 bits per heavy atom. The smallest absolute Gasteiger partial charge is 0.325 e. The molecule has 0 spiro atoms. The lowest BCUT2D eigenvalue weighted by molar-refractivity contribution is -0.143. The molecule has 0 aliphatic heterocycles. The normalized spacial score (nSPS) is 9.86. The Hall–Kier alpha value is -1.29. The predicted molar refractivity (Wildman–Crippen MR) is 51.9 cm³/mol. The van der Waals surface area contributed by atoms with Crippen molar-refractivity contribution in [2.45, 2.75) is 13.5 Å². The Bertz CT molecular complexity index is 387. The lowest BCUT2D eigenvalue weighted by Gasteiger charge is -2.05. The fraction of sp³-hybridized carbons (Fsp3) is 0.333. The van der Waals surface area contributed by atoms with Crippen LogP contribution in [0.2, 0.25) is 5.02 Å². The maximum Gasteiger partial charge on any atom is 0.325 e. The van der Waals surface area contributed by atoms with Crippen molar-refractivity contribution < 1.29 is 9.53 Å². The molecule has 0 saturated carbocycles. The Balaban J connectivity index is 2.77. The van der Waals surface area contributed by atoms with Crippen molar-refractivity contribution in [2.75, 3.05) is 6.61 Å². The molecule has 1 N–H and O–H groups in total. The van der Waals surface area contributed by atoms with Crippen LogP contribution in [0.3, 0.4) is 0 Å². The van der Waals surface area contributed by atoms with Crippen LogP contribution in [0.25, 0.3) is 0 Å². The van der Waals surface area contributed by atoms with E-state index in [9.17, 15) is 4.79 Å². The second kappa shape index (κ2) is 4.81. The van der Waals surface area contributed by atoms with Crippen molar-refractivity contribution in [3.05, 3.63) is 28.8 Å². The van der Waals surface area contributed by atoms with Crippen LogP contribution in [0.1, 0.15) is 6.92 Å². The molecule has 1 heterocycles. The summed E-state index contributed by atoms with van der Waals surface area (Å²) in [6.45, 7) is 2.14. The Labute approximate surface area is 86.6 Å². The van der Waals surface area contributed by atoms with Crippen LogP contribution in [-0.2, 0) is 16.1 Å². The van der Waals surface area contributed by atoms with E-state index in [1.54, 1.807) is 19.2 Å². The molecule has 1 aromatic heterocycles. The van der Waals surface area contributed by atoms with Gasteiger partial charge in [-0.15, -0.1) is 0 Å². The first-order chi connectivity index (χ1) is 6.63. The van der Waals surface area contributed by atoms with Crippen molar-refractivity contribution in [1.82, 2.24) is 4.57 Å². The Kier molecular flexibility index (Phi) is 3.71. The molecule has 0 saturated heterocycles. The van der Waals surface area contributed by atoms with Crippen molar-refractivity contribution in [3.8, 4) is 0 Å². The van der Waals surface area contributed by atoms with Crippen molar-refractivity contribution in [3.63, 3.8) is 0 Å². The van der Waals surface area contributed by atoms with Gasteiger partial charge < -0.3 is 9.30 Å². The summed E-state index contributed by atoms with van der Waals surface area (Å²) < 4.78 is 6.22. The largest absolute Gasteiger partial charge is 0.465 e. The molecule has 0 radical (unpaired) electrons. The monoisotopic (exact) mass is 214 g/mol. The van der Waals surface area contributed by atoms with E-state index in [-0.39, 0.29) is 18.0 Å². The predicted octanol–water partition coefficient (Wildman–Crippen LogP) is 1.18. The van der Waals surface area contributed by atoms with Crippen LogP contribution in [0.15, 0.2) is 18.3 Å². The van der Waals surface area contributed by atoms with Gasteiger partial charge in [-0.25, -0.2) is 0 Å². The van der Waals surface area contributed by atoms with Gasteiger partial charge in [-0.3, -0.25) is 10.2 Å². The molecule has 0 aliphatic carbocycles. The summed E-state index contributed by atoms with van der Waals surface area (Å²) in [6.07, 6.45) is 1.58. The minimum absolute atomic E-state index is 0.0455. The number of halogens is 1. The minimum Gasteiger partial charge on any atom is -0.465 e. The topological polar surface area (TPSA) is 55.1 Å². The maximum atomic E-state index is 11.1. The standard InChI is InChI=1S/C9H11ClN2O2/c1-2-14-9(13)6-12-4-3-7(10)5-8(12)11/h3-5,11H,2,6H2,1H3. The SMILES string of the molecule is CCOC(=O)Cn1ccc(Cl)cc1=N. The third-order valence-electron chi connectivity index (χ3n) is 1.60. The maximum absolute atomic E-state index is 11.1. The number of rotatable bonds is 3. The molecule has 14 heavy (non-hydrogen) atoms. The van der Waals surface area contributed by atoms with E-state index >= 15 is 0 Å². The summed E-state index contributed by atoms with van der Waals surface area (Å²) in [7, 11) is 0. The summed E-state index contributed by atoms with van der Waals surface area (Å²) in [5, 5.41) is 7.99. The number of hydrogen-bond acceptors (Lipinski definition) is 3. The van der Waals surface area contributed by atoms with Crippen LogP contribution in [0.5, 0.6) is 0 Å². The van der Waals surface area contributed by atoms with E-state index < -0.39 is 0 Å². The van der Waals surface area contributed by atoms with Gasteiger partial charge in [-0.05, 0) is 19.1 Å². The summed E-state index contributed by atoms with van der Waals surface area (Å²) in [6, 6.07) is 3.10. The molecule has 0 bridgehead atoms. The average Bonchev–Trinajstić information content (AvgIpc) is 2.10. The molecule has 0 atom stereocenters. The van der Waals surface area contributed by atoms with Gasteiger partial charge in [0.15, 0.2) is 0 Å². The highest BCUT2D eigenvalue weighted by molar-refractivity contribution is 6.30. The van der Waals surface area contributed by atoms with E-state index in [2.05, 4.69) is 0 Å². The highest BCUT2D eigenvalue weighted by Gasteiger charge is 2.02.